The summed E-state index contributed by atoms with van der Waals surface area (Å²) in [4.78, 5) is 46.4. The number of amides is 1. The Morgan fingerprint density at radius 2 is 1.14 bits per heavy atom. The Labute approximate surface area is 308 Å². The van der Waals surface area contributed by atoms with Crippen LogP contribution >= 0.6 is 7.82 Å². The number of unbranched alkanes of at least 4 members (excludes halogenated alkanes) is 18. The number of carbonyl (C=O) groups is 2. The number of esters is 1. The van der Waals surface area contributed by atoms with E-state index in [0.717, 1.165) is 89.9 Å². The highest BCUT2D eigenvalue weighted by molar-refractivity contribution is 7.46. The summed E-state index contributed by atoms with van der Waals surface area (Å²) in [6.45, 7) is 5.70. The van der Waals surface area contributed by atoms with Crippen molar-refractivity contribution in [1.82, 2.24) is 5.32 Å². The second-order valence-electron chi connectivity index (χ2n) is 14.6. The number of phosphoric ester groups is 1. The van der Waals surface area contributed by atoms with Gasteiger partial charge in [0.1, 0.15) is 18.2 Å². The van der Waals surface area contributed by atoms with Crippen molar-refractivity contribution >= 4 is 19.7 Å². The van der Waals surface area contributed by atoms with Gasteiger partial charge in [0, 0.05) is 0 Å². The van der Waals surface area contributed by atoms with E-state index in [1.165, 1.54) is 44.9 Å². The monoisotopic (exact) mass is 751 g/mol. The summed E-state index contributed by atoms with van der Waals surface area (Å²) in [5.41, 5.74) is 0. The van der Waals surface area contributed by atoms with E-state index in [4.69, 9.17) is 14.0 Å². The van der Waals surface area contributed by atoms with Gasteiger partial charge < -0.3 is 39.9 Å². The van der Waals surface area contributed by atoms with Crippen LogP contribution in [0.25, 0.3) is 0 Å². The van der Waals surface area contributed by atoms with Gasteiger partial charge in [-0.05, 0) is 19.3 Å². The van der Waals surface area contributed by atoms with Gasteiger partial charge in [0.05, 0.1) is 25.0 Å². The van der Waals surface area contributed by atoms with E-state index < -0.39 is 69.0 Å². The maximum Gasteiger partial charge on any atom is 0.470 e. The molecule has 0 radical (unpaired) electrons. The molecule has 0 aromatic heterocycles. The van der Waals surface area contributed by atoms with E-state index >= 15 is 0 Å². The second-order valence-corrected chi connectivity index (χ2v) is 15.8. The van der Waals surface area contributed by atoms with Crippen LogP contribution in [-0.4, -0.2) is 80.3 Å². The fourth-order valence-corrected chi connectivity index (χ4v) is 7.42. The SMILES string of the molecule is CCCCCCCCCCC[C@@H](O)CC(=O)N[C@H]1C(O)O[C@H](CO)[C@@H](OP(=O)(O)O)[C@@H]1OC(=O)C(CCCCCCC)CCCCCCCCC. The molecule has 1 aliphatic heterocycles. The van der Waals surface area contributed by atoms with E-state index in [2.05, 4.69) is 26.1 Å². The molecule has 2 unspecified atom stereocenters. The van der Waals surface area contributed by atoms with Crippen LogP contribution in [0.1, 0.15) is 181 Å². The maximum atomic E-state index is 13.8. The number of carbonyl (C=O) groups excluding carboxylic acids is 2. The number of rotatable bonds is 32. The number of aliphatic hydroxyl groups is 3. The third-order valence-electron chi connectivity index (χ3n) is 9.89. The third-order valence-corrected chi connectivity index (χ3v) is 10.4. The molecule has 6 N–H and O–H groups in total. The summed E-state index contributed by atoms with van der Waals surface area (Å²) < 4.78 is 28.3. The molecule has 13 heteroatoms. The summed E-state index contributed by atoms with van der Waals surface area (Å²) in [7, 11) is -5.20. The summed E-state index contributed by atoms with van der Waals surface area (Å²) in [6.07, 6.45) is 16.5. The van der Waals surface area contributed by atoms with Gasteiger partial charge in [0.25, 0.3) is 0 Å². The fraction of sp³-hybridized carbons (Fsp3) is 0.947. The number of phosphoric acid groups is 1. The first-order valence-corrected chi connectivity index (χ1v) is 21.9. The van der Waals surface area contributed by atoms with E-state index in [1.54, 1.807) is 0 Å². The van der Waals surface area contributed by atoms with Crippen LogP contribution in [0.15, 0.2) is 0 Å². The summed E-state index contributed by atoms with van der Waals surface area (Å²) >= 11 is 0. The van der Waals surface area contributed by atoms with Gasteiger partial charge in [-0.15, -0.1) is 0 Å². The Morgan fingerprint density at radius 1 is 0.706 bits per heavy atom. The Hall–Kier alpha value is -1.11. The first-order chi connectivity index (χ1) is 24.5. The number of hydrogen-bond acceptors (Lipinski definition) is 9. The third kappa shape index (κ3) is 22.6. The zero-order valence-corrected chi connectivity index (χ0v) is 33.0. The first kappa shape index (κ1) is 47.9. The van der Waals surface area contributed by atoms with Gasteiger partial charge in [-0.2, -0.15) is 0 Å². The lowest BCUT2D eigenvalue weighted by molar-refractivity contribution is -0.257. The van der Waals surface area contributed by atoms with Gasteiger partial charge >= 0.3 is 13.8 Å². The Bertz CT molecular complexity index is 936. The van der Waals surface area contributed by atoms with Gasteiger partial charge in [0.15, 0.2) is 12.4 Å². The van der Waals surface area contributed by atoms with Gasteiger partial charge in [0.2, 0.25) is 5.91 Å². The van der Waals surface area contributed by atoms with Crippen molar-refractivity contribution in [2.75, 3.05) is 6.61 Å². The minimum atomic E-state index is -5.20. The van der Waals surface area contributed by atoms with Crippen LogP contribution in [0.2, 0.25) is 0 Å². The fourth-order valence-electron chi connectivity index (χ4n) is 6.85. The van der Waals surface area contributed by atoms with E-state index in [9.17, 15) is 39.3 Å². The molecule has 1 fully saturated rings. The predicted octanol–water partition coefficient (Wildman–Crippen LogP) is 7.36. The highest BCUT2D eigenvalue weighted by Crippen LogP contribution is 2.42. The molecule has 0 aromatic rings. The molecule has 7 atom stereocenters. The number of aliphatic hydroxyl groups excluding tert-OH is 3. The zero-order valence-electron chi connectivity index (χ0n) is 32.1. The van der Waals surface area contributed by atoms with Gasteiger partial charge in [-0.1, -0.05) is 156 Å². The normalized spacial score (nSPS) is 22.1. The van der Waals surface area contributed by atoms with Crippen LogP contribution in [0, 0.1) is 5.92 Å². The molecule has 1 aliphatic rings. The van der Waals surface area contributed by atoms with Crippen molar-refractivity contribution in [3.8, 4) is 0 Å². The van der Waals surface area contributed by atoms with Crippen molar-refractivity contribution in [2.45, 2.75) is 218 Å². The Balaban J connectivity index is 2.98. The average Bonchev–Trinajstić information content (AvgIpc) is 3.08. The Morgan fingerprint density at radius 3 is 1.57 bits per heavy atom. The molecule has 1 saturated heterocycles. The second kappa shape index (κ2) is 29.3. The smallest absolute Gasteiger partial charge is 0.457 e. The number of hydrogen-bond donors (Lipinski definition) is 6. The van der Waals surface area contributed by atoms with Crippen LogP contribution in [-0.2, 0) is 28.2 Å². The van der Waals surface area contributed by atoms with Crippen LogP contribution in [0.4, 0.5) is 0 Å². The summed E-state index contributed by atoms with van der Waals surface area (Å²) in [6, 6.07) is -1.47. The van der Waals surface area contributed by atoms with Crippen LogP contribution in [0.3, 0.4) is 0 Å². The molecule has 12 nitrogen and oxygen atoms in total. The molecule has 1 rings (SSSR count). The summed E-state index contributed by atoms with van der Waals surface area (Å²) in [5, 5.41) is 34.1. The highest BCUT2D eigenvalue weighted by atomic mass is 31.2. The molecular weight excluding hydrogens is 677 g/mol. The number of nitrogens with one attached hydrogen (secondary N) is 1. The predicted molar refractivity (Wildman–Crippen MR) is 199 cm³/mol. The molecule has 0 saturated carbocycles. The molecule has 0 aliphatic carbocycles. The van der Waals surface area contributed by atoms with E-state index in [1.807, 2.05) is 0 Å². The highest BCUT2D eigenvalue weighted by Gasteiger charge is 2.51. The Kier molecular flexibility index (Phi) is 27.5. The van der Waals surface area contributed by atoms with Crippen molar-refractivity contribution in [3.63, 3.8) is 0 Å². The van der Waals surface area contributed by atoms with Crippen molar-refractivity contribution in [1.29, 1.82) is 0 Å². The van der Waals surface area contributed by atoms with Crippen molar-refractivity contribution < 1.29 is 53.3 Å². The zero-order chi connectivity index (χ0) is 37.9. The molecule has 0 spiro atoms. The quantitative estimate of drug-likeness (QED) is 0.0229. The summed E-state index contributed by atoms with van der Waals surface area (Å²) in [5.74, 6) is -1.77. The molecule has 302 valence electrons. The largest absolute Gasteiger partial charge is 0.470 e. The standard InChI is InChI=1S/C38H74NO11P/c1-4-7-10-13-15-16-18-21-24-27-31(41)28-33(42)39-34-36(35(50-51(45,46)47)32(29-40)48-38(34)44)49-37(43)30(25-22-19-12-9-6-3)26-23-20-17-14-11-8-5-2/h30-32,34-36,38,40-41,44H,4-29H2,1-3H3,(H,39,42)(H2,45,46,47)/t30?,31-,32-,34-,35-,36-,38?/m1/s1. The van der Waals surface area contributed by atoms with Crippen LogP contribution in [0.5, 0.6) is 0 Å². The minimum absolute atomic E-state index is 0.285. The average molecular weight is 752 g/mol. The first-order valence-electron chi connectivity index (χ1n) is 20.3. The molecule has 1 amide bonds. The van der Waals surface area contributed by atoms with Crippen molar-refractivity contribution in [2.24, 2.45) is 5.92 Å². The lowest BCUT2D eigenvalue weighted by Gasteiger charge is -2.44. The van der Waals surface area contributed by atoms with Gasteiger partial charge in [-0.3, -0.25) is 14.1 Å². The van der Waals surface area contributed by atoms with Crippen molar-refractivity contribution in [3.05, 3.63) is 0 Å². The lowest BCUT2D eigenvalue weighted by atomic mass is 9.93. The number of ether oxygens (including phenoxy) is 2. The molecule has 0 bridgehead atoms. The van der Waals surface area contributed by atoms with Gasteiger partial charge in [-0.25, -0.2) is 4.57 Å². The lowest BCUT2D eigenvalue weighted by Crippen LogP contribution is -2.66. The van der Waals surface area contributed by atoms with Crippen LogP contribution < -0.4 is 5.32 Å². The molecule has 0 aromatic carbocycles. The molecule has 51 heavy (non-hydrogen) atoms. The van der Waals surface area contributed by atoms with E-state index in [0.29, 0.717) is 19.3 Å². The molecular formula is C38H74NO11P. The molecule has 1 heterocycles. The maximum absolute atomic E-state index is 13.8. The van der Waals surface area contributed by atoms with E-state index in [-0.39, 0.29) is 6.42 Å². The minimum Gasteiger partial charge on any atom is -0.457 e. The topological polar surface area (TPSA) is 192 Å².